The van der Waals surface area contributed by atoms with Crippen LogP contribution in [0.5, 0.6) is 0 Å². The SMILES string of the molecule is [N-]=[N+]=NCC(=O)c1ccc2[nH]c(=O)oc2c1. The summed E-state index contributed by atoms with van der Waals surface area (Å²) in [7, 11) is 0. The molecule has 0 bridgehead atoms. The third-order valence-electron chi connectivity index (χ3n) is 2.02. The molecule has 0 atom stereocenters. The quantitative estimate of drug-likeness (QED) is 0.365. The maximum absolute atomic E-state index is 11.5. The number of Topliss-reactive ketones (excluding diaryl/α,β-unsaturated/α-hetero) is 1. The first kappa shape index (κ1) is 10.0. The molecule has 1 heterocycles. The minimum Gasteiger partial charge on any atom is -0.408 e. The Kier molecular flexibility index (Phi) is 2.45. The summed E-state index contributed by atoms with van der Waals surface area (Å²) in [5.41, 5.74) is 9.24. The smallest absolute Gasteiger partial charge is 0.408 e. The fraction of sp³-hybridized carbons (Fsp3) is 0.111. The minimum absolute atomic E-state index is 0.253. The molecule has 0 saturated heterocycles. The van der Waals surface area contributed by atoms with Crippen LogP contribution in [0.1, 0.15) is 10.4 Å². The van der Waals surface area contributed by atoms with E-state index in [0.717, 1.165) is 0 Å². The zero-order valence-electron chi connectivity index (χ0n) is 8.01. The average Bonchev–Trinajstić information content (AvgIpc) is 2.64. The van der Waals surface area contributed by atoms with Gasteiger partial charge in [-0.3, -0.25) is 9.78 Å². The summed E-state index contributed by atoms with van der Waals surface area (Å²) in [6, 6.07) is 4.52. The van der Waals surface area contributed by atoms with Gasteiger partial charge in [0.25, 0.3) is 0 Å². The molecule has 0 aliphatic rings. The van der Waals surface area contributed by atoms with Gasteiger partial charge in [-0.15, -0.1) is 0 Å². The van der Waals surface area contributed by atoms with Crippen molar-refractivity contribution in [3.63, 3.8) is 0 Å². The summed E-state index contributed by atoms with van der Waals surface area (Å²) in [5.74, 6) is -0.904. The van der Waals surface area contributed by atoms with E-state index in [4.69, 9.17) is 9.95 Å². The molecule has 0 radical (unpaired) electrons. The highest BCUT2D eigenvalue weighted by Gasteiger charge is 2.07. The summed E-state index contributed by atoms with van der Waals surface area (Å²) >= 11 is 0. The van der Waals surface area contributed by atoms with Crippen molar-refractivity contribution in [3.8, 4) is 0 Å². The molecule has 1 aromatic carbocycles. The van der Waals surface area contributed by atoms with Gasteiger partial charge in [-0.1, -0.05) is 5.11 Å². The van der Waals surface area contributed by atoms with Gasteiger partial charge in [-0.2, -0.15) is 0 Å². The molecule has 0 spiro atoms. The van der Waals surface area contributed by atoms with Crippen molar-refractivity contribution >= 4 is 16.9 Å². The Labute approximate surface area is 88.3 Å². The highest BCUT2D eigenvalue weighted by atomic mass is 16.4. The number of aromatic amines is 1. The van der Waals surface area contributed by atoms with Gasteiger partial charge in [0.1, 0.15) is 0 Å². The number of azide groups is 1. The first-order valence-electron chi connectivity index (χ1n) is 4.37. The van der Waals surface area contributed by atoms with Crippen LogP contribution in [0.25, 0.3) is 21.5 Å². The van der Waals surface area contributed by atoms with Crippen molar-refractivity contribution in [3.05, 3.63) is 44.8 Å². The van der Waals surface area contributed by atoms with Crippen molar-refractivity contribution in [2.24, 2.45) is 5.11 Å². The molecule has 2 rings (SSSR count). The Hall–Kier alpha value is -2.53. The maximum Gasteiger partial charge on any atom is 0.417 e. The lowest BCUT2D eigenvalue weighted by atomic mass is 10.1. The van der Waals surface area contributed by atoms with Gasteiger partial charge in [-0.05, 0) is 23.7 Å². The van der Waals surface area contributed by atoms with E-state index in [2.05, 4.69) is 15.0 Å². The molecule has 1 aromatic heterocycles. The van der Waals surface area contributed by atoms with E-state index in [1.165, 1.54) is 12.1 Å². The molecule has 80 valence electrons. The Morgan fingerprint density at radius 1 is 1.56 bits per heavy atom. The van der Waals surface area contributed by atoms with E-state index in [0.29, 0.717) is 16.7 Å². The summed E-state index contributed by atoms with van der Waals surface area (Å²) < 4.78 is 4.80. The summed E-state index contributed by atoms with van der Waals surface area (Å²) in [6.07, 6.45) is 0. The second-order valence-electron chi connectivity index (χ2n) is 3.04. The molecule has 0 aliphatic heterocycles. The van der Waals surface area contributed by atoms with Crippen LogP contribution >= 0.6 is 0 Å². The van der Waals surface area contributed by atoms with Crippen LogP contribution in [0.3, 0.4) is 0 Å². The van der Waals surface area contributed by atoms with Gasteiger partial charge in [0.05, 0.1) is 12.1 Å². The predicted octanol–water partition coefficient (Wildman–Crippen LogP) is 1.61. The Morgan fingerprint density at radius 3 is 3.12 bits per heavy atom. The van der Waals surface area contributed by atoms with E-state index in [9.17, 15) is 9.59 Å². The van der Waals surface area contributed by atoms with Crippen LogP contribution in [0.4, 0.5) is 0 Å². The average molecular weight is 218 g/mol. The number of nitrogens with zero attached hydrogens (tertiary/aromatic N) is 3. The number of aromatic nitrogens is 1. The molecule has 0 fully saturated rings. The van der Waals surface area contributed by atoms with Gasteiger partial charge in [0.15, 0.2) is 11.4 Å². The number of hydrogen-bond donors (Lipinski definition) is 1. The highest BCUT2D eigenvalue weighted by Crippen LogP contribution is 2.12. The predicted molar refractivity (Wildman–Crippen MR) is 55.2 cm³/mol. The van der Waals surface area contributed by atoms with Crippen molar-refractivity contribution in [1.82, 2.24) is 4.98 Å². The highest BCUT2D eigenvalue weighted by molar-refractivity contribution is 5.99. The number of benzene rings is 1. The molecule has 0 saturated carbocycles. The fourth-order valence-corrected chi connectivity index (χ4v) is 1.31. The minimum atomic E-state index is -0.574. The van der Waals surface area contributed by atoms with Crippen LogP contribution in [0.15, 0.2) is 32.5 Å². The lowest BCUT2D eigenvalue weighted by Crippen LogP contribution is -2.01. The molecule has 0 unspecified atom stereocenters. The van der Waals surface area contributed by atoms with E-state index in [1.807, 2.05) is 0 Å². The third-order valence-corrected chi connectivity index (χ3v) is 2.02. The van der Waals surface area contributed by atoms with E-state index in [1.54, 1.807) is 6.07 Å². The van der Waals surface area contributed by atoms with Gasteiger partial charge >= 0.3 is 5.76 Å². The first-order chi connectivity index (χ1) is 7.70. The third kappa shape index (κ3) is 1.79. The number of H-pyrrole nitrogens is 1. The van der Waals surface area contributed by atoms with E-state index in [-0.39, 0.29) is 12.3 Å². The van der Waals surface area contributed by atoms with Gasteiger partial charge in [0.2, 0.25) is 0 Å². The molecular weight excluding hydrogens is 212 g/mol. The molecule has 7 nitrogen and oxygen atoms in total. The number of rotatable bonds is 3. The molecule has 16 heavy (non-hydrogen) atoms. The second-order valence-corrected chi connectivity index (χ2v) is 3.04. The van der Waals surface area contributed by atoms with Crippen LogP contribution in [0, 0.1) is 0 Å². The number of nitrogens with one attached hydrogen (secondary N) is 1. The standard InChI is InChI=1S/C9H6N4O3/c10-13-11-4-7(14)5-1-2-6-8(3-5)16-9(15)12-6/h1-3H,4H2,(H,12,15). The second kappa shape index (κ2) is 3.92. The summed E-state index contributed by atoms with van der Waals surface area (Å²) in [5, 5.41) is 3.16. The number of carbonyl (C=O) groups is 1. The Balaban J connectivity index is 2.42. The molecule has 0 aliphatic carbocycles. The molecule has 2 aromatic rings. The molecular formula is C9H6N4O3. The van der Waals surface area contributed by atoms with Crippen LogP contribution in [-0.2, 0) is 0 Å². The van der Waals surface area contributed by atoms with Crippen molar-refractivity contribution in [2.75, 3.05) is 6.54 Å². The summed E-state index contributed by atoms with van der Waals surface area (Å²) in [4.78, 5) is 27.3. The van der Waals surface area contributed by atoms with Gasteiger partial charge in [0, 0.05) is 10.5 Å². The molecule has 0 amide bonds. The Morgan fingerprint density at radius 2 is 2.38 bits per heavy atom. The van der Waals surface area contributed by atoms with Crippen LogP contribution in [0.2, 0.25) is 0 Å². The van der Waals surface area contributed by atoms with E-state index >= 15 is 0 Å². The monoisotopic (exact) mass is 218 g/mol. The Bertz CT molecular complexity index is 648. The zero-order chi connectivity index (χ0) is 11.5. The van der Waals surface area contributed by atoms with Gasteiger partial charge in [-0.25, -0.2) is 4.79 Å². The fourth-order valence-electron chi connectivity index (χ4n) is 1.31. The number of hydrogen-bond acceptors (Lipinski definition) is 4. The van der Waals surface area contributed by atoms with Crippen molar-refractivity contribution < 1.29 is 9.21 Å². The van der Waals surface area contributed by atoms with Crippen LogP contribution < -0.4 is 5.76 Å². The summed E-state index contributed by atoms with van der Waals surface area (Å²) in [6.45, 7) is -0.253. The number of ketones is 1. The van der Waals surface area contributed by atoms with Crippen molar-refractivity contribution in [2.45, 2.75) is 0 Å². The van der Waals surface area contributed by atoms with Crippen molar-refractivity contribution in [1.29, 1.82) is 0 Å². The first-order valence-corrected chi connectivity index (χ1v) is 4.37. The number of carbonyl (C=O) groups excluding carboxylic acids is 1. The van der Waals surface area contributed by atoms with E-state index < -0.39 is 5.76 Å². The molecule has 7 heteroatoms. The van der Waals surface area contributed by atoms with Gasteiger partial charge < -0.3 is 4.42 Å². The lowest BCUT2D eigenvalue weighted by molar-refractivity contribution is 0.100. The number of fused-ring (bicyclic) bond motifs is 1. The maximum atomic E-state index is 11.5. The normalized spacial score (nSPS) is 10.0. The number of oxazole rings is 1. The zero-order valence-corrected chi connectivity index (χ0v) is 8.01. The molecule has 1 N–H and O–H groups in total. The largest absolute Gasteiger partial charge is 0.417 e. The van der Waals surface area contributed by atoms with Crippen LogP contribution in [-0.4, -0.2) is 17.3 Å². The topological polar surface area (TPSA) is 112 Å². The lowest BCUT2D eigenvalue weighted by Gasteiger charge is -1.95.